The van der Waals surface area contributed by atoms with E-state index in [0.717, 1.165) is 5.69 Å². The van der Waals surface area contributed by atoms with Crippen molar-refractivity contribution in [1.29, 1.82) is 0 Å². The van der Waals surface area contributed by atoms with Crippen molar-refractivity contribution in [3.63, 3.8) is 0 Å². The van der Waals surface area contributed by atoms with Gasteiger partial charge in [0, 0.05) is 48.9 Å². The summed E-state index contributed by atoms with van der Waals surface area (Å²) in [6.45, 7) is 8.63. The Morgan fingerprint density at radius 1 is 1.19 bits per heavy atom. The van der Waals surface area contributed by atoms with E-state index in [-0.39, 0.29) is 17.2 Å². The van der Waals surface area contributed by atoms with Crippen LogP contribution >= 0.6 is 23.1 Å². The highest BCUT2D eigenvalue weighted by Crippen LogP contribution is 2.37. The van der Waals surface area contributed by atoms with Gasteiger partial charge >= 0.3 is 6.09 Å². The summed E-state index contributed by atoms with van der Waals surface area (Å²) in [4.78, 5) is 44.1. The minimum atomic E-state index is -0.583. The number of rotatable bonds is 4. The number of carbonyl (C=O) groups excluding carboxylic acids is 2. The minimum absolute atomic E-state index is 0.129. The summed E-state index contributed by atoms with van der Waals surface area (Å²) in [7, 11) is 0. The van der Waals surface area contributed by atoms with Gasteiger partial charge in [-0.2, -0.15) is 0 Å². The van der Waals surface area contributed by atoms with E-state index in [0.29, 0.717) is 35.4 Å². The highest BCUT2D eigenvalue weighted by atomic mass is 32.2. The molecular weight excluding hydrogens is 440 g/mol. The van der Waals surface area contributed by atoms with E-state index in [2.05, 4.69) is 4.98 Å². The van der Waals surface area contributed by atoms with Gasteiger partial charge in [0.2, 0.25) is 0 Å². The molecule has 0 aliphatic carbocycles. The van der Waals surface area contributed by atoms with Gasteiger partial charge in [0.1, 0.15) is 5.60 Å². The number of amides is 2. The van der Waals surface area contributed by atoms with Crippen LogP contribution in [0.2, 0.25) is 0 Å². The number of ether oxygens (including phenoxy) is 1. The van der Waals surface area contributed by atoms with Gasteiger partial charge in [-0.05, 0) is 39.8 Å². The highest BCUT2D eigenvalue weighted by Gasteiger charge is 2.29. The predicted octanol–water partition coefficient (Wildman–Crippen LogP) is 4.20. The first-order valence-electron chi connectivity index (χ1n) is 9.69. The van der Waals surface area contributed by atoms with Gasteiger partial charge < -0.3 is 14.5 Å². The number of thiazole rings is 1. The van der Waals surface area contributed by atoms with Crippen molar-refractivity contribution in [3.8, 4) is 0 Å². The van der Waals surface area contributed by atoms with E-state index in [4.69, 9.17) is 4.74 Å². The van der Waals surface area contributed by atoms with Crippen molar-refractivity contribution in [1.82, 2.24) is 14.8 Å². The zero-order chi connectivity index (χ0) is 22.8. The van der Waals surface area contributed by atoms with Crippen LogP contribution in [-0.2, 0) is 4.74 Å². The fraction of sp³-hybridized carbons (Fsp3) is 0.450. The van der Waals surface area contributed by atoms with Crippen LogP contribution in [0.3, 0.4) is 0 Å². The maximum absolute atomic E-state index is 12.9. The number of hydrogen-bond acceptors (Lipinski definition) is 8. The zero-order valence-electron chi connectivity index (χ0n) is 17.8. The van der Waals surface area contributed by atoms with Crippen molar-refractivity contribution in [2.45, 2.75) is 42.5 Å². The lowest BCUT2D eigenvalue weighted by molar-refractivity contribution is -0.387. The number of aryl methyl sites for hydroxylation is 1. The molecule has 1 aromatic carbocycles. The molecule has 2 heterocycles. The third kappa shape index (κ3) is 5.95. The SMILES string of the molecule is Cc1csc(Sc2ccc(C(=O)N3CCN(C(=O)OC(C)(C)C)CC3)cc2[N+](=O)[O-])n1. The molecule has 0 radical (unpaired) electrons. The molecule has 1 aliphatic rings. The molecule has 31 heavy (non-hydrogen) atoms. The molecule has 0 atom stereocenters. The molecule has 3 rings (SSSR count). The predicted molar refractivity (Wildman–Crippen MR) is 118 cm³/mol. The van der Waals surface area contributed by atoms with Gasteiger partial charge in [-0.15, -0.1) is 11.3 Å². The normalized spacial score (nSPS) is 14.5. The van der Waals surface area contributed by atoms with Gasteiger partial charge in [-0.1, -0.05) is 11.8 Å². The number of benzene rings is 1. The molecule has 1 aromatic heterocycles. The minimum Gasteiger partial charge on any atom is -0.444 e. The van der Waals surface area contributed by atoms with Crippen LogP contribution in [0.25, 0.3) is 0 Å². The Kier molecular flexibility index (Phi) is 6.85. The summed E-state index contributed by atoms with van der Waals surface area (Å²) in [6.07, 6.45) is -0.408. The van der Waals surface area contributed by atoms with E-state index < -0.39 is 16.6 Å². The van der Waals surface area contributed by atoms with E-state index >= 15 is 0 Å². The number of nitrogens with zero attached hydrogens (tertiary/aromatic N) is 4. The molecule has 2 amide bonds. The molecule has 9 nitrogen and oxygen atoms in total. The molecule has 0 spiro atoms. The number of aromatic nitrogens is 1. The molecule has 2 aromatic rings. The van der Waals surface area contributed by atoms with Crippen LogP contribution in [-0.4, -0.2) is 63.5 Å². The second kappa shape index (κ2) is 9.23. The molecule has 0 N–H and O–H groups in total. The van der Waals surface area contributed by atoms with Crippen LogP contribution in [0, 0.1) is 17.0 Å². The lowest BCUT2D eigenvalue weighted by Crippen LogP contribution is -2.51. The summed E-state index contributed by atoms with van der Waals surface area (Å²) >= 11 is 2.63. The summed E-state index contributed by atoms with van der Waals surface area (Å²) < 4.78 is 6.07. The fourth-order valence-corrected chi connectivity index (χ4v) is 4.83. The molecule has 0 bridgehead atoms. The largest absolute Gasteiger partial charge is 0.444 e. The van der Waals surface area contributed by atoms with Gasteiger partial charge in [-0.3, -0.25) is 14.9 Å². The number of piperazine rings is 1. The average Bonchev–Trinajstić information content (AvgIpc) is 3.11. The molecule has 1 saturated heterocycles. The topological polar surface area (TPSA) is 106 Å². The highest BCUT2D eigenvalue weighted by molar-refractivity contribution is 8.01. The van der Waals surface area contributed by atoms with Gasteiger partial charge in [0.25, 0.3) is 11.6 Å². The van der Waals surface area contributed by atoms with Crippen LogP contribution in [0.5, 0.6) is 0 Å². The Balaban J connectivity index is 1.68. The quantitative estimate of drug-likeness (QED) is 0.493. The molecule has 1 fully saturated rings. The first-order chi connectivity index (χ1) is 14.5. The lowest BCUT2D eigenvalue weighted by Gasteiger charge is -2.35. The Morgan fingerprint density at radius 2 is 1.84 bits per heavy atom. The van der Waals surface area contributed by atoms with E-state index in [1.165, 1.54) is 29.2 Å². The third-order valence-electron chi connectivity index (χ3n) is 4.42. The Labute approximate surface area is 188 Å². The maximum Gasteiger partial charge on any atom is 0.410 e. The van der Waals surface area contributed by atoms with E-state index in [9.17, 15) is 19.7 Å². The van der Waals surface area contributed by atoms with Crippen LogP contribution < -0.4 is 0 Å². The van der Waals surface area contributed by atoms with E-state index in [1.54, 1.807) is 42.7 Å². The lowest BCUT2D eigenvalue weighted by atomic mass is 10.1. The van der Waals surface area contributed by atoms with Crippen molar-refractivity contribution in [2.75, 3.05) is 26.2 Å². The summed E-state index contributed by atoms with van der Waals surface area (Å²) in [6, 6.07) is 4.49. The number of nitro groups is 1. The maximum atomic E-state index is 12.9. The van der Waals surface area contributed by atoms with Crippen molar-refractivity contribution < 1.29 is 19.2 Å². The monoisotopic (exact) mass is 464 g/mol. The second-order valence-corrected chi connectivity index (χ2v) is 10.2. The zero-order valence-corrected chi connectivity index (χ0v) is 19.4. The van der Waals surface area contributed by atoms with E-state index in [1.807, 2.05) is 12.3 Å². The summed E-state index contributed by atoms with van der Waals surface area (Å²) in [5.74, 6) is -0.298. The van der Waals surface area contributed by atoms with Gasteiger partial charge in [0.05, 0.1) is 9.82 Å². The Morgan fingerprint density at radius 3 is 2.39 bits per heavy atom. The average molecular weight is 465 g/mol. The number of nitro benzene ring substituents is 1. The summed E-state index contributed by atoms with van der Waals surface area (Å²) in [5.41, 5.74) is 0.390. The number of hydrogen-bond donors (Lipinski definition) is 0. The molecule has 166 valence electrons. The smallest absolute Gasteiger partial charge is 0.410 e. The summed E-state index contributed by atoms with van der Waals surface area (Å²) in [5, 5.41) is 13.5. The molecule has 0 saturated carbocycles. The van der Waals surface area contributed by atoms with Crippen LogP contribution in [0.15, 0.2) is 32.8 Å². The molecule has 0 unspecified atom stereocenters. The Bertz CT molecular complexity index is 994. The van der Waals surface area contributed by atoms with Gasteiger partial charge in [-0.25, -0.2) is 9.78 Å². The Hall–Kier alpha value is -2.66. The van der Waals surface area contributed by atoms with Crippen molar-refractivity contribution in [3.05, 3.63) is 45.0 Å². The standard InChI is InChI=1S/C20H24N4O5S2/c1-13-12-30-18(21-13)31-16-6-5-14(11-15(16)24(27)28)17(25)22-7-9-23(10-8-22)19(26)29-20(2,3)4/h5-6,11-12H,7-10H2,1-4H3. The third-order valence-corrected chi connectivity index (χ3v) is 6.54. The van der Waals surface area contributed by atoms with Crippen molar-refractivity contribution in [2.24, 2.45) is 0 Å². The molecule has 1 aliphatic heterocycles. The first kappa shape index (κ1) is 23.0. The fourth-order valence-electron chi connectivity index (χ4n) is 2.95. The number of carbonyl (C=O) groups is 2. The first-order valence-corrected chi connectivity index (χ1v) is 11.4. The second-order valence-electron chi connectivity index (χ2n) is 8.06. The van der Waals surface area contributed by atoms with Crippen LogP contribution in [0.4, 0.5) is 10.5 Å². The van der Waals surface area contributed by atoms with Crippen LogP contribution in [0.1, 0.15) is 36.8 Å². The van der Waals surface area contributed by atoms with Gasteiger partial charge in [0.15, 0.2) is 4.34 Å². The molecular formula is C20H24N4O5S2. The van der Waals surface area contributed by atoms with Crippen molar-refractivity contribution >= 4 is 40.8 Å². The molecule has 11 heteroatoms.